The van der Waals surface area contributed by atoms with E-state index in [9.17, 15) is 14.4 Å². The summed E-state index contributed by atoms with van der Waals surface area (Å²) in [5.74, 6) is 0.0855. The Hall–Kier alpha value is -3.03. The van der Waals surface area contributed by atoms with Crippen molar-refractivity contribution in [2.75, 3.05) is 32.9 Å². The molecular weight excluding hydrogens is 328 g/mol. The second-order valence-corrected chi connectivity index (χ2v) is 5.47. The van der Waals surface area contributed by atoms with Gasteiger partial charge in [0.2, 0.25) is 0 Å². The van der Waals surface area contributed by atoms with Crippen molar-refractivity contribution in [3.63, 3.8) is 0 Å². The van der Waals surface area contributed by atoms with Gasteiger partial charge >= 0.3 is 12.0 Å². The van der Waals surface area contributed by atoms with Crippen LogP contribution in [0.4, 0.5) is 4.79 Å². The van der Waals surface area contributed by atoms with Gasteiger partial charge in [0.05, 0.1) is 13.2 Å². The molecule has 8 heteroatoms. The molecule has 1 fully saturated rings. The van der Waals surface area contributed by atoms with Crippen molar-refractivity contribution in [1.82, 2.24) is 10.2 Å². The number of amides is 3. The molecule has 25 heavy (non-hydrogen) atoms. The molecule has 1 saturated heterocycles. The summed E-state index contributed by atoms with van der Waals surface area (Å²) in [6.07, 6.45) is 3.59. The van der Waals surface area contributed by atoms with E-state index in [-0.39, 0.29) is 6.54 Å². The van der Waals surface area contributed by atoms with E-state index in [0.29, 0.717) is 31.3 Å². The van der Waals surface area contributed by atoms with Crippen molar-refractivity contribution in [2.45, 2.75) is 6.42 Å². The maximum atomic E-state index is 11.8. The average molecular weight is 346 g/mol. The highest BCUT2D eigenvalue weighted by Crippen LogP contribution is 2.30. The van der Waals surface area contributed by atoms with Gasteiger partial charge in [-0.3, -0.25) is 9.69 Å². The summed E-state index contributed by atoms with van der Waals surface area (Å²) in [6, 6.07) is 4.87. The van der Waals surface area contributed by atoms with Gasteiger partial charge < -0.3 is 19.5 Å². The molecule has 0 radical (unpaired) electrons. The lowest BCUT2D eigenvalue weighted by Crippen LogP contribution is -2.37. The smallest absolute Gasteiger partial charge is 0.331 e. The molecule has 3 rings (SSSR count). The van der Waals surface area contributed by atoms with Gasteiger partial charge in [-0.1, -0.05) is 6.07 Å². The number of hydrogen-bond acceptors (Lipinski definition) is 6. The molecule has 1 aromatic carbocycles. The standard InChI is InChI=1S/C17H18N2O6/c20-15(19-7-6-18-17(19)22)11-25-16(21)5-3-12-2-4-13-14(10-12)24-9-1-8-23-13/h2-5,10H,1,6-9,11H2,(H,18,22)/b5-3+. The fourth-order valence-electron chi connectivity index (χ4n) is 2.42. The topological polar surface area (TPSA) is 94.2 Å². The molecule has 8 nitrogen and oxygen atoms in total. The van der Waals surface area contributed by atoms with Crippen molar-refractivity contribution in [3.8, 4) is 11.5 Å². The van der Waals surface area contributed by atoms with E-state index in [2.05, 4.69) is 5.32 Å². The van der Waals surface area contributed by atoms with Crippen LogP contribution >= 0.6 is 0 Å². The third kappa shape index (κ3) is 4.28. The molecule has 0 atom stereocenters. The fraction of sp³-hybridized carbons (Fsp3) is 0.353. The van der Waals surface area contributed by atoms with Crippen LogP contribution in [0.1, 0.15) is 12.0 Å². The molecule has 0 bridgehead atoms. The number of fused-ring (bicyclic) bond motifs is 1. The highest BCUT2D eigenvalue weighted by atomic mass is 16.5. The van der Waals surface area contributed by atoms with Crippen LogP contribution in [-0.4, -0.2) is 55.7 Å². The van der Waals surface area contributed by atoms with Crippen LogP contribution in [0.3, 0.4) is 0 Å². The number of carbonyl (C=O) groups excluding carboxylic acids is 3. The second-order valence-electron chi connectivity index (χ2n) is 5.47. The Morgan fingerprint density at radius 2 is 2.04 bits per heavy atom. The van der Waals surface area contributed by atoms with E-state index in [1.54, 1.807) is 24.3 Å². The van der Waals surface area contributed by atoms with E-state index < -0.39 is 24.5 Å². The molecule has 2 heterocycles. The Bertz CT molecular complexity index is 715. The molecule has 1 N–H and O–H groups in total. The first-order valence-corrected chi connectivity index (χ1v) is 7.96. The van der Waals surface area contributed by atoms with Gasteiger partial charge in [0.15, 0.2) is 18.1 Å². The number of ether oxygens (including phenoxy) is 3. The number of esters is 1. The van der Waals surface area contributed by atoms with Gasteiger partial charge in [-0.15, -0.1) is 0 Å². The number of hydrogen-bond donors (Lipinski definition) is 1. The van der Waals surface area contributed by atoms with Gasteiger partial charge in [-0.05, 0) is 23.8 Å². The number of benzene rings is 1. The molecular formula is C17H18N2O6. The Morgan fingerprint density at radius 1 is 1.24 bits per heavy atom. The average Bonchev–Trinajstić information content (AvgIpc) is 2.91. The number of nitrogens with zero attached hydrogens (tertiary/aromatic N) is 1. The van der Waals surface area contributed by atoms with E-state index in [0.717, 1.165) is 16.9 Å². The number of carbonyl (C=O) groups is 3. The third-order valence-electron chi connectivity index (χ3n) is 3.68. The van der Waals surface area contributed by atoms with E-state index >= 15 is 0 Å². The van der Waals surface area contributed by atoms with Gasteiger partial charge in [-0.25, -0.2) is 9.59 Å². The molecule has 2 aliphatic heterocycles. The van der Waals surface area contributed by atoms with Crippen molar-refractivity contribution in [3.05, 3.63) is 29.8 Å². The van der Waals surface area contributed by atoms with Crippen molar-refractivity contribution < 1.29 is 28.6 Å². The van der Waals surface area contributed by atoms with Gasteiger partial charge in [-0.2, -0.15) is 0 Å². The molecule has 0 aliphatic carbocycles. The molecule has 3 amide bonds. The van der Waals surface area contributed by atoms with E-state index in [1.165, 1.54) is 6.08 Å². The van der Waals surface area contributed by atoms with E-state index in [1.807, 2.05) is 0 Å². The number of imide groups is 1. The molecule has 1 aromatic rings. The summed E-state index contributed by atoms with van der Waals surface area (Å²) in [4.78, 5) is 35.8. The van der Waals surface area contributed by atoms with Gasteiger partial charge in [0.25, 0.3) is 5.91 Å². The van der Waals surface area contributed by atoms with E-state index in [4.69, 9.17) is 14.2 Å². The summed E-state index contributed by atoms with van der Waals surface area (Å²) >= 11 is 0. The Balaban J connectivity index is 1.53. The maximum Gasteiger partial charge on any atom is 0.331 e. The zero-order chi connectivity index (χ0) is 17.6. The first-order valence-electron chi connectivity index (χ1n) is 7.96. The molecule has 0 saturated carbocycles. The summed E-state index contributed by atoms with van der Waals surface area (Å²) in [7, 11) is 0. The maximum absolute atomic E-state index is 11.8. The van der Waals surface area contributed by atoms with Crippen LogP contribution in [0.25, 0.3) is 6.08 Å². The Kier molecular flexibility index (Phi) is 5.17. The van der Waals surface area contributed by atoms with Crippen LogP contribution < -0.4 is 14.8 Å². The van der Waals surface area contributed by atoms with Crippen LogP contribution in [0.2, 0.25) is 0 Å². The van der Waals surface area contributed by atoms with Crippen molar-refractivity contribution in [1.29, 1.82) is 0 Å². The predicted octanol–water partition coefficient (Wildman–Crippen LogP) is 0.956. The largest absolute Gasteiger partial charge is 0.490 e. The van der Waals surface area contributed by atoms with Crippen molar-refractivity contribution >= 4 is 24.0 Å². The summed E-state index contributed by atoms with van der Waals surface area (Å²) in [5, 5.41) is 2.50. The van der Waals surface area contributed by atoms with Crippen LogP contribution in [0.15, 0.2) is 24.3 Å². The lowest BCUT2D eigenvalue weighted by atomic mass is 10.2. The Morgan fingerprint density at radius 3 is 2.80 bits per heavy atom. The molecule has 0 aromatic heterocycles. The summed E-state index contributed by atoms with van der Waals surface area (Å²) in [6.45, 7) is 1.40. The highest BCUT2D eigenvalue weighted by Gasteiger charge is 2.26. The second kappa shape index (κ2) is 7.69. The number of urea groups is 1. The normalized spacial score (nSPS) is 16.5. The zero-order valence-corrected chi connectivity index (χ0v) is 13.5. The van der Waals surface area contributed by atoms with Crippen LogP contribution in [0.5, 0.6) is 11.5 Å². The fourth-order valence-corrected chi connectivity index (χ4v) is 2.42. The first-order chi connectivity index (χ1) is 12.1. The minimum absolute atomic E-state index is 0.280. The minimum Gasteiger partial charge on any atom is -0.490 e. The molecule has 0 spiro atoms. The quantitative estimate of drug-likeness (QED) is 0.644. The first kappa shape index (κ1) is 16.8. The zero-order valence-electron chi connectivity index (χ0n) is 13.5. The Labute approximate surface area is 144 Å². The molecule has 132 valence electrons. The van der Waals surface area contributed by atoms with Gasteiger partial charge in [0, 0.05) is 25.6 Å². The molecule has 0 unspecified atom stereocenters. The minimum atomic E-state index is -0.667. The SMILES string of the molecule is O=C(/C=C/c1ccc2c(c1)OCCCO2)OCC(=O)N1CCNC1=O. The van der Waals surface area contributed by atoms with Crippen LogP contribution in [-0.2, 0) is 14.3 Å². The molecule has 2 aliphatic rings. The third-order valence-corrected chi connectivity index (χ3v) is 3.68. The van der Waals surface area contributed by atoms with Crippen molar-refractivity contribution in [2.24, 2.45) is 0 Å². The predicted molar refractivity (Wildman–Crippen MR) is 87.2 cm³/mol. The van der Waals surface area contributed by atoms with Gasteiger partial charge in [0.1, 0.15) is 0 Å². The monoisotopic (exact) mass is 346 g/mol. The number of nitrogens with one attached hydrogen (secondary N) is 1. The highest BCUT2D eigenvalue weighted by molar-refractivity contribution is 5.97. The number of rotatable bonds is 4. The van der Waals surface area contributed by atoms with Crippen LogP contribution in [0, 0.1) is 0 Å². The lowest BCUT2D eigenvalue weighted by molar-refractivity contribution is -0.146. The summed E-state index contributed by atoms with van der Waals surface area (Å²) < 4.78 is 16.0. The lowest BCUT2D eigenvalue weighted by Gasteiger charge is -2.11. The summed E-state index contributed by atoms with van der Waals surface area (Å²) in [5.41, 5.74) is 0.742.